The standard InChI is InChI=1S/C14H17F3N2O2/c1-2-6-13(21)8-19(9-13)12(20)18-11-5-3-4-10(7-11)14(15,16)17/h3-5,7,21H,2,6,8-9H2,1H3,(H,18,20). The van der Waals surface area contributed by atoms with Gasteiger partial charge in [-0.3, -0.25) is 0 Å². The Balaban J connectivity index is 1.96. The van der Waals surface area contributed by atoms with Crippen molar-refractivity contribution < 1.29 is 23.1 Å². The minimum Gasteiger partial charge on any atom is -0.386 e. The molecule has 0 bridgehead atoms. The monoisotopic (exact) mass is 302 g/mol. The average molecular weight is 302 g/mol. The Morgan fingerprint density at radius 1 is 1.43 bits per heavy atom. The molecule has 1 aliphatic heterocycles. The summed E-state index contributed by atoms with van der Waals surface area (Å²) in [4.78, 5) is 13.2. The molecule has 1 fully saturated rings. The summed E-state index contributed by atoms with van der Waals surface area (Å²) in [5, 5.41) is 12.4. The van der Waals surface area contributed by atoms with Crippen LogP contribution in [0.25, 0.3) is 0 Å². The number of carbonyl (C=O) groups excluding carboxylic acids is 1. The zero-order valence-corrected chi connectivity index (χ0v) is 11.6. The first-order valence-electron chi connectivity index (χ1n) is 6.69. The number of rotatable bonds is 3. The molecule has 2 rings (SSSR count). The number of amides is 2. The summed E-state index contributed by atoms with van der Waals surface area (Å²) in [5.74, 6) is 0. The number of likely N-dealkylation sites (tertiary alicyclic amines) is 1. The van der Waals surface area contributed by atoms with Crippen LogP contribution >= 0.6 is 0 Å². The maximum atomic E-state index is 12.6. The summed E-state index contributed by atoms with van der Waals surface area (Å²) >= 11 is 0. The van der Waals surface area contributed by atoms with Crippen LogP contribution in [0.2, 0.25) is 0 Å². The van der Waals surface area contributed by atoms with Crippen molar-refractivity contribution in [2.45, 2.75) is 31.5 Å². The number of nitrogens with zero attached hydrogens (tertiary/aromatic N) is 1. The van der Waals surface area contributed by atoms with Crippen LogP contribution in [0.15, 0.2) is 24.3 Å². The third-order valence-corrected chi connectivity index (χ3v) is 3.41. The number of anilines is 1. The topological polar surface area (TPSA) is 52.6 Å². The Bertz CT molecular complexity index is 525. The molecule has 1 aromatic carbocycles. The zero-order chi connectivity index (χ0) is 15.7. The summed E-state index contributed by atoms with van der Waals surface area (Å²) in [6.07, 6.45) is -3.04. The van der Waals surface area contributed by atoms with Gasteiger partial charge in [0.15, 0.2) is 0 Å². The quantitative estimate of drug-likeness (QED) is 0.901. The number of β-amino-alcohol motifs (C(OH)–C–C–N with tert-alkyl or cyclic N) is 1. The van der Waals surface area contributed by atoms with Crippen LogP contribution in [-0.2, 0) is 6.18 Å². The predicted molar refractivity (Wildman–Crippen MR) is 71.9 cm³/mol. The van der Waals surface area contributed by atoms with Crippen molar-refractivity contribution in [3.05, 3.63) is 29.8 Å². The lowest BCUT2D eigenvalue weighted by atomic mass is 9.90. The molecule has 1 aromatic rings. The molecule has 1 aliphatic rings. The van der Waals surface area contributed by atoms with Gasteiger partial charge in [-0.1, -0.05) is 19.4 Å². The Morgan fingerprint density at radius 2 is 2.10 bits per heavy atom. The van der Waals surface area contributed by atoms with E-state index in [1.807, 2.05) is 6.92 Å². The van der Waals surface area contributed by atoms with Gasteiger partial charge in [0.2, 0.25) is 0 Å². The van der Waals surface area contributed by atoms with Crippen LogP contribution in [0, 0.1) is 0 Å². The second-order valence-corrected chi connectivity index (χ2v) is 5.34. The van der Waals surface area contributed by atoms with Crippen molar-refractivity contribution in [3.63, 3.8) is 0 Å². The molecule has 0 unspecified atom stereocenters. The van der Waals surface area contributed by atoms with Gasteiger partial charge in [-0.2, -0.15) is 13.2 Å². The molecule has 21 heavy (non-hydrogen) atoms. The van der Waals surface area contributed by atoms with Crippen molar-refractivity contribution in [2.24, 2.45) is 0 Å². The van der Waals surface area contributed by atoms with E-state index < -0.39 is 23.4 Å². The van der Waals surface area contributed by atoms with Crippen molar-refractivity contribution in [1.29, 1.82) is 0 Å². The minimum atomic E-state index is -4.45. The Morgan fingerprint density at radius 3 is 2.67 bits per heavy atom. The number of benzene rings is 1. The Labute approximate surface area is 120 Å². The molecule has 0 aromatic heterocycles. The third-order valence-electron chi connectivity index (χ3n) is 3.41. The normalized spacial score (nSPS) is 17.3. The van der Waals surface area contributed by atoms with Crippen LogP contribution in [0.5, 0.6) is 0 Å². The van der Waals surface area contributed by atoms with Crippen LogP contribution in [0.1, 0.15) is 25.3 Å². The fraction of sp³-hybridized carbons (Fsp3) is 0.500. The van der Waals surface area contributed by atoms with Crippen LogP contribution in [-0.4, -0.2) is 34.7 Å². The number of hydrogen-bond acceptors (Lipinski definition) is 2. The van der Waals surface area contributed by atoms with E-state index in [-0.39, 0.29) is 18.8 Å². The molecular formula is C14H17F3N2O2. The molecule has 0 atom stereocenters. The number of alkyl halides is 3. The highest BCUT2D eigenvalue weighted by Gasteiger charge is 2.42. The molecule has 2 N–H and O–H groups in total. The molecule has 0 spiro atoms. The highest BCUT2D eigenvalue weighted by atomic mass is 19.4. The van der Waals surface area contributed by atoms with E-state index in [4.69, 9.17) is 0 Å². The van der Waals surface area contributed by atoms with E-state index in [9.17, 15) is 23.1 Å². The Kier molecular flexibility index (Phi) is 4.13. The average Bonchev–Trinajstić information content (AvgIpc) is 2.35. The van der Waals surface area contributed by atoms with Gasteiger partial charge >= 0.3 is 12.2 Å². The maximum absolute atomic E-state index is 12.6. The summed E-state index contributed by atoms with van der Waals surface area (Å²) in [7, 11) is 0. The number of urea groups is 1. The van der Waals surface area contributed by atoms with Gasteiger partial charge in [0, 0.05) is 5.69 Å². The third kappa shape index (κ3) is 3.66. The number of hydrogen-bond donors (Lipinski definition) is 2. The lowest BCUT2D eigenvalue weighted by molar-refractivity contribution is -0.137. The molecule has 0 radical (unpaired) electrons. The van der Waals surface area contributed by atoms with Gasteiger partial charge in [0.05, 0.1) is 24.3 Å². The van der Waals surface area contributed by atoms with Crippen LogP contribution in [0.3, 0.4) is 0 Å². The van der Waals surface area contributed by atoms with E-state index >= 15 is 0 Å². The van der Waals surface area contributed by atoms with E-state index in [1.165, 1.54) is 17.0 Å². The van der Waals surface area contributed by atoms with Gasteiger partial charge in [-0.05, 0) is 24.6 Å². The molecule has 0 saturated carbocycles. The van der Waals surface area contributed by atoms with E-state index in [1.54, 1.807) is 0 Å². The maximum Gasteiger partial charge on any atom is 0.416 e. The van der Waals surface area contributed by atoms with Gasteiger partial charge in [-0.15, -0.1) is 0 Å². The fourth-order valence-corrected chi connectivity index (χ4v) is 2.41. The number of aliphatic hydroxyl groups is 1. The first-order chi connectivity index (χ1) is 9.73. The first kappa shape index (κ1) is 15.6. The van der Waals surface area contributed by atoms with Gasteiger partial charge in [-0.25, -0.2) is 4.79 Å². The second-order valence-electron chi connectivity index (χ2n) is 5.34. The van der Waals surface area contributed by atoms with E-state index in [0.717, 1.165) is 18.6 Å². The van der Waals surface area contributed by atoms with E-state index in [0.29, 0.717) is 6.42 Å². The summed E-state index contributed by atoms with van der Waals surface area (Å²) in [6.45, 7) is 2.33. The fourth-order valence-electron chi connectivity index (χ4n) is 2.41. The lowest BCUT2D eigenvalue weighted by Crippen LogP contribution is -2.64. The minimum absolute atomic E-state index is 0.0840. The van der Waals surface area contributed by atoms with Crippen LogP contribution in [0.4, 0.5) is 23.7 Å². The van der Waals surface area contributed by atoms with Gasteiger partial charge in [0.25, 0.3) is 0 Å². The zero-order valence-electron chi connectivity index (χ0n) is 11.6. The number of nitrogens with one attached hydrogen (secondary N) is 1. The second kappa shape index (κ2) is 5.55. The molecule has 1 heterocycles. The molecule has 0 aliphatic carbocycles. The highest BCUT2D eigenvalue weighted by molar-refractivity contribution is 5.90. The summed E-state index contributed by atoms with van der Waals surface area (Å²) in [6, 6.07) is 3.96. The van der Waals surface area contributed by atoms with Gasteiger partial charge in [0.1, 0.15) is 0 Å². The molecule has 1 saturated heterocycles. The largest absolute Gasteiger partial charge is 0.416 e. The van der Waals surface area contributed by atoms with Crippen molar-refractivity contribution in [3.8, 4) is 0 Å². The van der Waals surface area contributed by atoms with Crippen molar-refractivity contribution in [2.75, 3.05) is 18.4 Å². The molecule has 116 valence electrons. The molecular weight excluding hydrogens is 285 g/mol. The summed E-state index contributed by atoms with van der Waals surface area (Å²) < 4.78 is 37.7. The van der Waals surface area contributed by atoms with Gasteiger partial charge < -0.3 is 15.3 Å². The smallest absolute Gasteiger partial charge is 0.386 e. The molecule has 7 heteroatoms. The van der Waals surface area contributed by atoms with E-state index in [2.05, 4.69) is 5.32 Å². The predicted octanol–water partition coefficient (Wildman–Crippen LogP) is 3.08. The highest BCUT2D eigenvalue weighted by Crippen LogP contribution is 2.31. The SMILES string of the molecule is CCCC1(O)CN(C(=O)Nc2cccc(C(F)(F)F)c2)C1. The number of halogens is 3. The van der Waals surface area contributed by atoms with Crippen molar-refractivity contribution in [1.82, 2.24) is 4.90 Å². The Hall–Kier alpha value is -1.76. The van der Waals surface area contributed by atoms with Crippen molar-refractivity contribution >= 4 is 11.7 Å². The van der Waals surface area contributed by atoms with Crippen LogP contribution < -0.4 is 5.32 Å². The lowest BCUT2D eigenvalue weighted by Gasteiger charge is -2.46. The number of carbonyl (C=O) groups is 1. The summed E-state index contributed by atoms with van der Waals surface area (Å²) in [5.41, 5.74) is -1.59. The molecule has 2 amide bonds. The molecule has 4 nitrogen and oxygen atoms in total. The first-order valence-corrected chi connectivity index (χ1v) is 6.69.